The number of hydrogen-bond acceptors (Lipinski definition) is 6. The van der Waals surface area contributed by atoms with Crippen molar-refractivity contribution in [2.75, 3.05) is 10.6 Å². The molecule has 9 heteroatoms. The third-order valence-electron chi connectivity index (χ3n) is 6.57. The molecular weight excluding hydrogens is 525 g/mol. The molecule has 40 heavy (non-hydrogen) atoms. The van der Waals surface area contributed by atoms with E-state index in [0.29, 0.717) is 39.4 Å². The van der Waals surface area contributed by atoms with Crippen LogP contribution in [0.25, 0.3) is 0 Å². The Labute approximate surface area is 237 Å². The molecule has 1 aliphatic rings. The number of ether oxygens (including phenoxy) is 1. The number of carbonyl (C=O) groups excluding carboxylic acids is 1. The van der Waals surface area contributed by atoms with Gasteiger partial charge in [0.15, 0.2) is 0 Å². The van der Waals surface area contributed by atoms with E-state index in [1.807, 2.05) is 83.1 Å². The molecule has 206 valence electrons. The number of amides is 1. The standard InChI is InChI=1S/C31H32FN5O2S/c1-18(2)39-24-11-8-10-22(16-24)28-27(29(38)34-26-14-13-19(3)15-20(26)4)21(5)33-30-35-31(36-37(28)30)40-17-23-9-6-7-12-25(23)32/h6-16,18,28H,17H2,1-5H3,(H,34,38)(H,33,35,36). The normalized spacial score (nSPS) is 14.6. The topological polar surface area (TPSA) is 81.1 Å². The first kappa shape index (κ1) is 27.5. The van der Waals surface area contributed by atoms with Crippen LogP contribution < -0.4 is 15.4 Å². The second kappa shape index (κ2) is 11.6. The Hall–Kier alpha value is -4.11. The predicted molar refractivity (Wildman–Crippen MR) is 157 cm³/mol. The van der Waals surface area contributed by atoms with Crippen molar-refractivity contribution in [2.24, 2.45) is 0 Å². The number of benzene rings is 3. The van der Waals surface area contributed by atoms with Crippen LogP contribution in [0.15, 0.2) is 83.2 Å². The predicted octanol–water partition coefficient (Wildman–Crippen LogP) is 7.04. The molecule has 0 bridgehead atoms. The van der Waals surface area contributed by atoms with Crippen LogP contribution in [0.3, 0.4) is 0 Å². The molecule has 1 amide bonds. The number of anilines is 2. The molecule has 0 saturated heterocycles. The average Bonchev–Trinajstić information content (AvgIpc) is 3.31. The zero-order chi connectivity index (χ0) is 28.4. The Morgan fingerprint density at radius 3 is 2.65 bits per heavy atom. The van der Waals surface area contributed by atoms with E-state index in [-0.39, 0.29) is 17.8 Å². The fraction of sp³-hybridized carbons (Fsp3) is 0.258. The molecule has 1 atom stereocenters. The molecule has 2 heterocycles. The molecule has 2 N–H and O–H groups in total. The Morgan fingerprint density at radius 1 is 1.10 bits per heavy atom. The van der Waals surface area contributed by atoms with Gasteiger partial charge in [0, 0.05) is 17.1 Å². The van der Waals surface area contributed by atoms with E-state index in [9.17, 15) is 9.18 Å². The van der Waals surface area contributed by atoms with E-state index in [0.717, 1.165) is 22.4 Å². The number of thioether (sulfide) groups is 1. The number of nitrogens with zero attached hydrogens (tertiary/aromatic N) is 3. The molecule has 3 aromatic carbocycles. The molecule has 1 aliphatic heterocycles. The molecule has 0 spiro atoms. The smallest absolute Gasteiger partial charge is 0.255 e. The highest BCUT2D eigenvalue weighted by Crippen LogP contribution is 2.38. The van der Waals surface area contributed by atoms with Crippen molar-refractivity contribution < 1.29 is 13.9 Å². The minimum absolute atomic E-state index is 0.00357. The second-order valence-corrected chi connectivity index (χ2v) is 11.1. The number of fused-ring (bicyclic) bond motifs is 1. The van der Waals surface area contributed by atoms with Crippen LogP contribution in [0.4, 0.5) is 16.0 Å². The van der Waals surface area contributed by atoms with Gasteiger partial charge in [0.25, 0.3) is 5.91 Å². The number of aryl methyl sites for hydroxylation is 2. The highest BCUT2D eigenvalue weighted by atomic mass is 32.2. The lowest BCUT2D eigenvalue weighted by molar-refractivity contribution is -0.113. The number of nitrogens with one attached hydrogen (secondary N) is 2. The van der Waals surface area contributed by atoms with Crippen LogP contribution in [-0.2, 0) is 10.5 Å². The number of allylic oxidation sites excluding steroid dienone is 1. The third-order valence-corrected chi connectivity index (χ3v) is 7.45. The lowest BCUT2D eigenvalue weighted by atomic mass is 9.94. The van der Waals surface area contributed by atoms with Crippen molar-refractivity contribution in [3.63, 3.8) is 0 Å². The summed E-state index contributed by atoms with van der Waals surface area (Å²) in [5.74, 6) is 1.09. The highest BCUT2D eigenvalue weighted by Gasteiger charge is 2.35. The number of hydrogen-bond donors (Lipinski definition) is 2. The van der Waals surface area contributed by atoms with Crippen molar-refractivity contribution in [3.8, 4) is 5.75 Å². The molecule has 0 saturated carbocycles. The highest BCUT2D eigenvalue weighted by molar-refractivity contribution is 7.98. The summed E-state index contributed by atoms with van der Waals surface area (Å²) in [5, 5.41) is 11.6. The molecular formula is C31H32FN5O2S. The van der Waals surface area contributed by atoms with Crippen molar-refractivity contribution >= 4 is 29.3 Å². The van der Waals surface area contributed by atoms with Gasteiger partial charge in [-0.3, -0.25) is 4.79 Å². The summed E-state index contributed by atoms with van der Waals surface area (Å²) in [6.45, 7) is 9.80. The van der Waals surface area contributed by atoms with E-state index in [1.165, 1.54) is 17.8 Å². The fourth-order valence-electron chi connectivity index (χ4n) is 4.73. The molecule has 0 aliphatic carbocycles. The van der Waals surface area contributed by atoms with Gasteiger partial charge in [-0.15, -0.1) is 5.10 Å². The van der Waals surface area contributed by atoms with E-state index in [4.69, 9.17) is 9.84 Å². The zero-order valence-electron chi connectivity index (χ0n) is 23.2. The van der Waals surface area contributed by atoms with Crippen molar-refractivity contribution in [3.05, 3.63) is 106 Å². The van der Waals surface area contributed by atoms with Gasteiger partial charge in [0.2, 0.25) is 11.1 Å². The number of rotatable bonds is 8. The molecule has 0 radical (unpaired) electrons. The molecule has 0 fully saturated rings. The van der Waals surface area contributed by atoms with Gasteiger partial charge in [-0.25, -0.2) is 9.07 Å². The lowest BCUT2D eigenvalue weighted by Gasteiger charge is -2.29. The van der Waals surface area contributed by atoms with Crippen LogP contribution in [0.5, 0.6) is 5.75 Å². The molecule has 1 aromatic heterocycles. The lowest BCUT2D eigenvalue weighted by Crippen LogP contribution is -2.31. The summed E-state index contributed by atoms with van der Waals surface area (Å²) in [6.07, 6.45) is -0.00357. The Kier molecular flexibility index (Phi) is 7.93. The van der Waals surface area contributed by atoms with Gasteiger partial charge in [-0.2, -0.15) is 4.98 Å². The summed E-state index contributed by atoms with van der Waals surface area (Å²) in [4.78, 5) is 18.6. The van der Waals surface area contributed by atoms with Crippen LogP contribution in [0.2, 0.25) is 0 Å². The van der Waals surface area contributed by atoms with E-state index in [1.54, 1.807) is 16.8 Å². The van der Waals surface area contributed by atoms with Crippen molar-refractivity contribution in [1.29, 1.82) is 0 Å². The average molecular weight is 558 g/mol. The SMILES string of the molecule is CC1=C(C(=O)Nc2ccc(C)cc2C)C(c2cccc(OC(C)C)c2)n2nc(SCc3ccccc3F)nc2N1. The van der Waals surface area contributed by atoms with E-state index < -0.39 is 6.04 Å². The van der Waals surface area contributed by atoms with Gasteiger partial charge in [-0.1, -0.05) is 59.8 Å². The van der Waals surface area contributed by atoms with Crippen molar-refractivity contribution in [2.45, 2.75) is 57.7 Å². The summed E-state index contributed by atoms with van der Waals surface area (Å²) in [5.41, 5.74) is 5.45. The number of carbonyl (C=O) groups is 1. The number of aromatic nitrogens is 3. The summed E-state index contributed by atoms with van der Waals surface area (Å²) >= 11 is 1.34. The Bertz CT molecular complexity index is 1600. The minimum atomic E-state index is -0.562. The van der Waals surface area contributed by atoms with E-state index in [2.05, 4.69) is 15.6 Å². The molecule has 4 aromatic rings. The zero-order valence-corrected chi connectivity index (χ0v) is 24.0. The summed E-state index contributed by atoms with van der Waals surface area (Å²) < 4.78 is 21.9. The third kappa shape index (κ3) is 5.89. The van der Waals surface area contributed by atoms with E-state index >= 15 is 0 Å². The van der Waals surface area contributed by atoms with Crippen LogP contribution >= 0.6 is 11.8 Å². The maximum Gasteiger partial charge on any atom is 0.255 e. The Balaban J connectivity index is 1.52. The maximum absolute atomic E-state index is 14.2. The number of halogens is 1. The first-order chi connectivity index (χ1) is 19.2. The Morgan fingerprint density at radius 2 is 1.90 bits per heavy atom. The van der Waals surface area contributed by atoms with Gasteiger partial charge < -0.3 is 15.4 Å². The quantitative estimate of drug-likeness (QED) is 0.226. The summed E-state index contributed by atoms with van der Waals surface area (Å²) in [7, 11) is 0. The maximum atomic E-state index is 14.2. The molecule has 1 unspecified atom stereocenters. The van der Waals surface area contributed by atoms with Crippen LogP contribution in [0, 0.1) is 19.7 Å². The van der Waals surface area contributed by atoms with Crippen LogP contribution in [-0.4, -0.2) is 26.8 Å². The fourth-order valence-corrected chi connectivity index (χ4v) is 5.54. The van der Waals surface area contributed by atoms with Crippen LogP contribution in [0.1, 0.15) is 49.1 Å². The van der Waals surface area contributed by atoms with Crippen molar-refractivity contribution in [1.82, 2.24) is 14.8 Å². The largest absolute Gasteiger partial charge is 0.491 e. The first-order valence-electron chi connectivity index (χ1n) is 13.2. The monoisotopic (exact) mass is 557 g/mol. The van der Waals surface area contributed by atoms with Gasteiger partial charge in [0.1, 0.15) is 17.6 Å². The minimum Gasteiger partial charge on any atom is -0.491 e. The van der Waals surface area contributed by atoms with Gasteiger partial charge >= 0.3 is 0 Å². The second-order valence-electron chi connectivity index (χ2n) is 10.1. The van der Waals surface area contributed by atoms with Gasteiger partial charge in [-0.05, 0) is 75.6 Å². The van der Waals surface area contributed by atoms with Gasteiger partial charge in [0.05, 0.1) is 11.7 Å². The molecule has 5 rings (SSSR count). The first-order valence-corrected chi connectivity index (χ1v) is 14.1. The summed E-state index contributed by atoms with van der Waals surface area (Å²) in [6, 6.07) is 19.7. The molecule has 7 nitrogen and oxygen atoms in total.